The zero-order chi connectivity index (χ0) is 31.9. The van der Waals surface area contributed by atoms with Crippen molar-refractivity contribution in [2.75, 3.05) is 31.6 Å². The first-order valence-electron chi connectivity index (χ1n) is 17.2. The highest BCUT2D eigenvalue weighted by Crippen LogP contribution is 2.33. The first kappa shape index (κ1) is 31.6. The lowest BCUT2D eigenvalue weighted by Crippen LogP contribution is -2.30. The molecule has 0 fully saturated rings. The Hall–Kier alpha value is -4.39. The third kappa shape index (κ3) is 6.88. The number of carbonyl (C=O) groups is 1. The first-order chi connectivity index (χ1) is 22.6. The van der Waals surface area contributed by atoms with Crippen LogP contribution in [0, 0.1) is 0 Å². The number of ether oxygens (including phenoxy) is 1. The molecule has 7 heteroatoms. The summed E-state index contributed by atoms with van der Waals surface area (Å²) in [7, 11) is 0. The van der Waals surface area contributed by atoms with Crippen molar-refractivity contribution in [3.8, 4) is 5.75 Å². The number of anilines is 1. The summed E-state index contributed by atoms with van der Waals surface area (Å²) in [6, 6.07) is 22.9. The molecule has 0 unspecified atom stereocenters. The zero-order valence-electron chi connectivity index (χ0n) is 27.6. The molecule has 0 bridgehead atoms. The molecule has 5 aromatic rings. The number of nitrogens with one attached hydrogen (secondary N) is 1. The predicted octanol–water partition coefficient (Wildman–Crippen LogP) is 8.22. The lowest BCUT2D eigenvalue weighted by atomic mass is 9.92. The van der Waals surface area contributed by atoms with Gasteiger partial charge in [-0.05, 0) is 113 Å². The smallest absolute Gasteiger partial charge is 0.253 e. The standard InChI is InChI=1S/C39H47N5O2/c1-4-43(5-2)39(45)29-20-23-36-35(27-29)42-37(26-28-18-21-30(22-19-28)46-6-3)44(36)25-13-7-12-24-40-38-31-14-8-10-16-33(31)41-34-17-11-9-15-32(34)38/h8,10,14,16,18-23,27H,4-7,9,11-13,15,17,24-26H2,1-3H3,(H,40,41). The van der Waals surface area contributed by atoms with Gasteiger partial charge < -0.3 is 19.5 Å². The molecule has 46 heavy (non-hydrogen) atoms. The van der Waals surface area contributed by atoms with E-state index in [0.29, 0.717) is 25.3 Å². The average Bonchev–Trinajstić information content (AvgIpc) is 3.43. The van der Waals surface area contributed by atoms with Gasteiger partial charge in [0.15, 0.2) is 0 Å². The van der Waals surface area contributed by atoms with Crippen LogP contribution in [0.15, 0.2) is 66.7 Å². The molecule has 0 atom stereocenters. The maximum atomic E-state index is 13.1. The molecule has 0 spiro atoms. The van der Waals surface area contributed by atoms with Gasteiger partial charge in [-0.15, -0.1) is 0 Å². The molecule has 6 rings (SSSR count). The summed E-state index contributed by atoms with van der Waals surface area (Å²) in [5.41, 5.74) is 8.96. The van der Waals surface area contributed by atoms with Gasteiger partial charge in [0.2, 0.25) is 0 Å². The molecular weight excluding hydrogens is 570 g/mol. The minimum atomic E-state index is 0.0604. The Balaban J connectivity index is 1.16. The highest BCUT2D eigenvalue weighted by molar-refractivity contribution is 5.97. The predicted molar refractivity (Wildman–Crippen MR) is 188 cm³/mol. The third-order valence-corrected chi connectivity index (χ3v) is 9.25. The Morgan fingerprint density at radius 1 is 0.891 bits per heavy atom. The van der Waals surface area contributed by atoms with E-state index in [2.05, 4.69) is 52.3 Å². The summed E-state index contributed by atoms with van der Waals surface area (Å²) in [6.45, 7) is 9.92. The topological polar surface area (TPSA) is 72.3 Å². The van der Waals surface area contributed by atoms with Crippen molar-refractivity contribution in [1.29, 1.82) is 0 Å². The molecule has 240 valence electrons. The van der Waals surface area contributed by atoms with Crippen LogP contribution >= 0.6 is 0 Å². The fraction of sp³-hybridized carbons (Fsp3) is 0.410. The number of para-hydroxylation sites is 1. The zero-order valence-corrected chi connectivity index (χ0v) is 27.6. The highest BCUT2D eigenvalue weighted by atomic mass is 16.5. The van der Waals surface area contributed by atoms with Crippen LogP contribution in [0.1, 0.15) is 85.9 Å². The van der Waals surface area contributed by atoms with E-state index in [4.69, 9.17) is 14.7 Å². The Morgan fingerprint density at radius 2 is 1.70 bits per heavy atom. The third-order valence-electron chi connectivity index (χ3n) is 9.25. The van der Waals surface area contributed by atoms with Crippen LogP contribution in [0.4, 0.5) is 5.69 Å². The van der Waals surface area contributed by atoms with Crippen molar-refractivity contribution in [1.82, 2.24) is 19.4 Å². The number of carbonyl (C=O) groups excluding carboxylic acids is 1. The van der Waals surface area contributed by atoms with Crippen LogP contribution in [-0.4, -0.2) is 51.6 Å². The fourth-order valence-electron chi connectivity index (χ4n) is 6.80. The van der Waals surface area contributed by atoms with Crippen molar-refractivity contribution in [2.24, 2.45) is 0 Å². The fourth-order valence-corrected chi connectivity index (χ4v) is 6.80. The summed E-state index contributed by atoms with van der Waals surface area (Å²) in [4.78, 5) is 25.1. The van der Waals surface area contributed by atoms with Crippen molar-refractivity contribution in [3.05, 3.63) is 94.9 Å². The number of nitrogens with zero attached hydrogens (tertiary/aromatic N) is 4. The maximum absolute atomic E-state index is 13.1. The van der Waals surface area contributed by atoms with E-state index in [1.807, 2.05) is 49.9 Å². The lowest BCUT2D eigenvalue weighted by Gasteiger charge is -2.21. The summed E-state index contributed by atoms with van der Waals surface area (Å²) < 4.78 is 8.01. The van der Waals surface area contributed by atoms with Gasteiger partial charge in [-0.1, -0.05) is 30.3 Å². The molecule has 1 aliphatic carbocycles. The maximum Gasteiger partial charge on any atom is 0.253 e. The van der Waals surface area contributed by atoms with E-state index in [1.54, 1.807) is 0 Å². The van der Waals surface area contributed by atoms with Crippen LogP contribution in [0.2, 0.25) is 0 Å². The monoisotopic (exact) mass is 617 g/mol. The molecule has 2 heterocycles. The second-order valence-electron chi connectivity index (χ2n) is 12.2. The second kappa shape index (κ2) is 14.8. The molecule has 7 nitrogen and oxygen atoms in total. The van der Waals surface area contributed by atoms with Crippen molar-refractivity contribution in [2.45, 2.75) is 78.7 Å². The first-order valence-corrected chi connectivity index (χ1v) is 17.2. The summed E-state index contributed by atoms with van der Waals surface area (Å²) >= 11 is 0. The number of aryl methyl sites for hydroxylation is 2. The number of imidazole rings is 1. The molecule has 0 saturated heterocycles. The van der Waals surface area contributed by atoms with Gasteiger partial charge in [0.25, 0.3) is 5.91 Å². The molecule has 1 N–H and O–H groups in total. The van der Waals surface area contributed by atoms with E-state index in [1.165, 1.54) is 40.7 Å². The Morgan fingerprint density at radius 3 is 2.50 bits per heavy atom. The number of hydrogen-bond acceptors (Lipinski definition) is 5. The minimum absolute atomic E-state index is 0.0604. The molecule has 2 aromatic heterocycles. The number of rotatable bonds is 14. The Kier molecular flexibility index (Phi) is 10.2. The number of aromatic nitrogens is 3. The number of unbranched alkanes of at least 4 members (excludes halogenated alkanes) is 2. The van der Waals surface area contributed by atoms with Crippen LogP contribution in [-0.2, 0) is 25.8 Å². The van der Waals surface area contributed by atoms with Crippen molar-refractivity contribution >= 4 is 33.5 Å². The molecule has 0 radical (unpaired) electrons. The summed E-state index contributed by atoms with van der Waals surface area (Å²) in [6.07, 6.45) is 8.65. The Bertz CT molecular complexity index is 1790. The number of pyridine rings is 1. The molecular formula is C39H47N5O2. The van der Waals surface area contributed by atoms with Gasteiger partial charge in [0.1, 0.15) is 11.6 Å². The SMILES string of the molecule is CCOc1ccc(Cc2nc3cc(C(=O)N(CC)CC)ccc3n2CCCCCNc2c3c(nc4ccccc24)CCCC3)cc1. The van der Waals surface area contributed by atoms with E-state index >= 15 is 0 Å². The van der Waals surface area contributed by atoms with Crippen molar-refractivity contribution < 1.29 is 9.53 Å². The summed E-state index contributed by atoms with van der Waals surface area (Å²) in [5, 5.41) is 5.07. The number of benzene rings is 3. The molecule has 1 amide bonds. The van der Waals surface area contributed by atoms with E-state index in [-0.39, 0.29) is 5.91 Å². The van der Waals surface area contributed by atoms with Gasteiger partial charge >= 0.3 is 0 Å². The number of hydrogen-bond donors (Lipinski definition) is 1. The van der Waals surface area contributed by atoms with Crippen LogP contribution in [0.25, 0.3) is 21.9 Å². The van der Waals surface area contributed by atoms with Gasteiger partial charge in [0.05, 0.1) is 23.2 Å². The van der Waals surface area contributed by atoms with Gasteiger partial charge in [-0.2, -0.15) is 0 Å². The largest absolute Gasteiger partial charge is 0.494 e. The van der Waals surface area contributed by atoms with Crippen LogP contribution in [0.5, 0.6) is 5.75 Å². The number of fused-ring (bicyclic) bond motifs is 3. The van der Waals surface area contributed by atoms with Crippen molar-refractivity contribution in [3.63, 3.8) is 0 Å². The quantitative estimate of drug-likeness (QED) is 0.127. The molecule has 0 aliphatic heterocycles. The van der Waals surface area contributed by atoms with Crippen LogP contribution in [0.3, 0.4) is 0 Å². The van der Waals surface area contributed by atoms with Crippen LogP contribution < -0.4 is 10.1 Å². The van der Waals surface area contributed by atoms with Gasteiger partial charge in [0, 0.05) is 54.9 Å². The minimum Gasteiger partial charge on any atom is -0.494 e. The highest BCUT2D eigenvalue weighted by Gasteiger charge is 2.19. The Labute approximate surface area is 273 Å². The number of amides is 1. The van der Waals surface area contributed by atoms with E-state index < -0.39 is 0 Å². The lowest BCUT2D eigenvalue weighted by molar-refractivity contribution is 0.0773. The van der Waals surface area contributed by atoms with E-state index in [0.717, 1.165) is 79.7 Å². The average molecular weight is 618 g/mol. The van der Waals surface area contributed by atoms with Gasteiger partial charge in [-0.3, -0.25) is 9.78 Å². The second-order valence-corrected chi connectivity index (χ2v) is 12.2. The molecule has 0 saturated carbocycles. The molecule has 1 aliphatic rings. The van der Waals surface area contributed by atoms with Gasteiger partial charge in [-0.25, -0.2) is 4.98 Å². The van der Waals surface area contributed by atoms with E-state index in [9.17, 15) is 4.79 Å². The summed E-state index contributed by atoms with van der Waals surface area (Å²) in [5.74, 6) is 1.97. The normalized spacial score (nSPS) is 12.8. The molecule has 3 aromatic carbocycles.